The molecule has 3 aromatic heterocycles. The van der Waals surface area contributed by atoms with Crippen LogP contribution >= 0.6 is 0 Å². The predicted octanol–water partition coefficient (Wildman–Crippen LogP) is 2.99. The second-order valence-corrected chi connectivity index (χ2v) is 8.37. The highest BCUT2D eigenvalue weighted by Gasteiger charge is 2.25. The minimum Gasteiger partial charge on any atom is -0.369 e. The summed E-state index contributed by atoms with van der Waals surface area (Å²) in [5.41, 5.74) is 2.57. The Kier molecular flexibility index (Phi) is 5.28. The van der Waals surface area contributed by atoms with Gasteiger partial charge in [0, 0.05) is 36.9 Å². The first kappa shape index (κ1) is 19.5. The van der Waals surface area contributed by atoms with Gasteiger partial charge in [0.2, 0.25) is 5.95 Å². The van der Waals surface area contributed by atoms with Crippen molar-refractivity contribution in [3.8, 4) is 5.69 Å². The highest BCUT2D eigenvalue weighted by Crippen LogP contribution is 2.25. The van der Waals surface area contributed by atoms with Crippen molar-refractivity contribution in [2.24, 2.45) is 0 Å². The molecule has 2 N–H and O–H groups in total. The summed E-state index contributed by atoms with van der Waals surface area (Å²) < 4.78 is 1.62. The zero-order chi connectivity index (χ0) is 21.2. The minimum absolute atomic E-state index is 0.0187. The van der Waals surface area contributed by atoms with Crippen LogP contribution in [-0.4, -0.2) is 44.7 Å². The lowest BCUT2D eigenvalue weighted by Gasteiger charge is -2.32. The fraction of sp³-hybridized carbons (Fsp3) is 0.391. The molecule has 0 spiro atoms. The lowest BCUT2D eigenvalue weighted by Crippen LogP contribution is -2.37. The molecule has 31 heavy (non-hydrogen) atoms. The molecule has 5 rings (SSSR count). The Bertz CT molecular complexity index is 1090. The fourth-order valence-corrected chi connectivity index (χ4v) is 4.19. The van der Waals surface area contributed by atoms with E-state index in [2.05, 4.69) is 30.5 Å². The number of rotatable bonds is 6. The van der Waals surface area contributed by atoms with E-state index in [9.17, 15) is 4.79 Å². The standard InChI is InChI=1S/C23H27N7O/c1-16-4-2-11-30(22(16)31)19-7-8-21(24-13-19)27-17-5-6-18(12-17)28-23-25-14-20(15-26-23)29-9-3-10-29/h2,4,7-8,11,13-15,17-18H,3,5-6,9-10,12H2,1H3,(H,24,27)(H,25,26,28)/t17-,18-/m0/s1. The van der Waals surface area contributed by atoms with Gasteiger partial charge in [-0.2, -0.15) is 0 Å². The van der Waals surface area contributed by atoms with E-state index in [4.69, 9.17) is 0 Å². The summed E-state index contributed by atoms with van der Waals surface area (Å²) >= 11 is 0. The third kappa shape index (κ3) is 4.23. The molecule has 8 heteroatoms. The first-order chi connectivity index (χ1) is 15.2. The SMILES string of the molecule is Cc1cccn(-c2ccc(N[C@H]3CC[C@H](Nc4ncc(N5CCC5)cn4)C3)nc2)c1=O. The molecule has 1 saturated heterocycles. The third-order valence-corrected chi connectivity index (χ3v) is 6.14. The Balaban J connectivity index is 1.16. The Morgan fingerprint density at radius 1 is 0.935 bits per heavy atom. The third-order valence-electron chi connectivity index (χ3n) is 6.14. The highest BCUT2D eigenvalue weighted by atomic mass is 16.1. The van der Waals surface area contributed by atoms with Crippen molar-refractivity contribution >= 4 is 17.5 Å². The molecule has 2 atom stereocenters. The average Bonchev–Trinajstić information content (AvgIpc) is 3.18. The van der Waals surface area contributed by atoms with Crippen molar-refractivity contribution in [3.05, 3.63) is 65.0 Å². The van der Waals surface area contributed by atoms with Gasteiger partial charge >= 0.3 is 0 Å². The van der Waals surface area contributed by atoms with Crippen LogP contribution in [0.2, 0.25) is 0 Å². The van der Waals surface area contributed by atoms with Crippen LogP contribution < -0.4 is 21.1 Å². The number of hydrogen-bond acceptors (Lipinski definition) is 7. The molecule has 0 amide bonds. The van der Waals surface area contributed by atoms with E-state index >= 15 is 0 Å². The molecule has 0 radical (unpaired) electrons. The largest absolute Gasteiger partial charge is 0.369 e. The van der Waals surface area contributed by atoms with E-state index in [-0.39, 0.29) is 5.56 Å². The minimum atomic E-state index is -0.0187. The van der Waals surface area contributed by atoms with Gasteiger partial charge in [-0.25, -0.2) is 15.0 Å². The summed E-state index contributed by atoms with van der Waals surface area (Å²) in [6.07, 6.45) is 11.7. The van der Waals surface area contributed by atoms with E-state index in [0.29, 0.717) is 23.6 Å². The molecule has 4 heterocycles. The van der Waals surface area contributed by atoms with E-state index in [1.807, 2.05) is 43.6 Å². The molecule has 3 aromatic rings. The Labute approximate surface area is 181 Å². The monoisotopic (exact) mass is 417 g/mol. The van der Waals surface area contributed by atoms with Crippen LogP contribution in [0, 0.1) is 6.92 Å². The molecule has 1 aliphatic heterocycles. The number of nitrogens with one attached hydrogen (secondary N) is 2. The zero-order valence-corrected chi connectivity index (χ0v) is 17.7. The quantitative estimate of drug-likeness (QED) is 0.637. The van der Waals surface area contributed by atoms with Crippen LogP contribution in [-0.2, 0) is 0 Å². The summed E-state index contributed by atoms with van der Waals surface area (Å²) in [7, 11) is 0. The first-order valence-corrected chi connectivity index (χ1v) is 10.9. The molecule has 0 aromatic carbocycles. The molecule has 160 valence electrons. The van der Waals surface area contributed by atoms with Crippen LogP contribution in [0.15, 0.2) is 53.8 Å². The topological polar surface area (TPSA) is 88.0 Å². The Morgan fingerprint density at radius 2 is 1.68 bits per heavy atom. The summed E-state index contributed by atoms with van der Waals surface area (Å²) in [5, 5.41) is 6.98. The summed E-state index contributed by atoms with van der Waals surface area (Å²) in [6, 6.07) is 8.24. The van der Waals surface area contributed by atoms with E-state index < -0.39 is 0 Å². The van der Waals surface area contributed by atoms with E-state index in [1.165, 1.54) is 6.42 Å². The van der Waals surface area contributed by atoms with Gasteiger partial charge in [-0.05, 0) is 50.8 Å². The van der Waals surface area contributed by atoms with Crippen molar-refractivity contribution in [2.45, 2.75) is 44.7 Å². The van der Waals surface area contributed by atoms with Gasteiger partial charge in [0.15, 0.2) is 0 Å². The van der Waals surface area contributed by atoms with E-state index in [0.717, 1.165) is 49.5 Å². The summed E-state index contributed by atoms with van der Waals surface area (Å²) in [5.74, 6) is 1.52. The van der Waals surface area contributed by atoms with Gasteiger partial charge in [0.05, 0.1) is 30.0 Å². The van der Waals surface area contributed by atoms with Crippen molar-refractivity contribution < 1.29 is 0 Å². The Hall–Kier alpha value is -3.42. The van der Waals surface area contributed by atoms with Crippen LogP contribution in [0.4, 0.5) is 17.5 Å². The van der Waals surface area contributed by atoms with Crippen LogP contribution in [0.3, 0.4) is 0 Å². The number of aryl methyl sites for hydroxylation is 1. The maximum atomic E-state index is 12.3. The molecule has 2 aliphatic rings. The molecule has 8 nitrogen and oxygen atoms in total. The molecule has 1 aliphatic carbocycles. The van der Waals surface area contributed by atoms with Crippen LogP contribution in [0.5, 0.6) is 0 Å². The van der Waals surface area contributed by atoms with Gasteiger partial charge < -0.3 is 15.5 Å². The fourth-order valence-electron chi connectivity index (χ4n) is 4.19. The summed E-state index contributed by atoms with van der Waals surface area (Å²) in [6.45, 7) is 4.02. The van der Waals surface area contributed by atoms with Gasteiger partial charge in [0.25, 0.3) is 5.56 Å². The molecule has 0 bridgehead atoms. The zero-order valence-electron chi connectivity index (χ0n) is 17.7. The van der Waals surface area contributed by atoms with Gasteiger partial charge in [-0.15, -0.1) is 0 Å². The number of pyridine rings is 2. The number of aromatic nitrogens is 4. The van der Waals surface area contributed by atoms with Crippen LogP contribution in [0.1, 0.15) is 31.2 Å². The lowest BCUT2D eigenvalue weighted by molar-refractivity contribution is 0.615. The van der Waals surface area contributed by atoms with Crippen LogP contribution in [0.25, 0.3) is 5.69 Å². The maximum Gasteiger partial charge on any atom is 0.258 e. The maximum absolute atomic E-state index is 12.3. The molecule has 0 unspecified atom stereocenters. The van der Waals surface area contributed by atoms with Crippen molar-refractivity contribution in [1.82, 2.24) is 19.5 Å². The molecule has 1 saturated carbocycles. The van der Waals surface area contributed by atoms with Crippen molar-refractivity contribution in [1.29, 1.82) is 0 Å². The molecular weight excluding hydrogens is 390 g/mol. The lowest BCUT2D eigenvalue weighted by atomic mass is 10.2. The normalized spacial score (nSPS) is 20.4. The first-order valence-electron chi connectivity index (χ1n) is 10.9. The second kappa shape index (κ2) is 8.37. The molecule has 2 fully saturated rings. The van der Waals surface area contributed by atoms with E-state index in [1.54, 1.807) is 17.0 Å². The predicted molar refractivity (Wildman–Crippen MR) is 122 cm³/mol. The number of anilines is 3. The van der Waals surface area contributed by atoms with Crippen molar-refractivity contribution in [3.63, 3.8) is 0 Å². The highest BCUT2D eigenvalue weighted by molar-refractivity contribution is 5.46. The smallest absolute Gasteiger partial charge is 0.258 e. The summed E-state index contributed by atoms with van der Waals surface area (Å²) in [4.78, 5) is 28.1. The second-order valence-electron chi connectivity index (χ2n) is 8.37. The van der Waals surface area contributed by atoms with Gasteiger partial charge in [-0.3, -0.25) is 9.36 Å². The average molecular weight is 418 g/mol. The number of hydrogen-bond donors (Lipinski definition) is 2. The van der Waals surface area contributed by atoms with Gasteiger partial charge in [0.1, 0.15) is 5.82 Å². The molecular formula is C23H27N7O. The van der Waals surface area contributed by atoms with Crippen molar-refractivity contribution in [2.75, 3.05) is 28.6 Å². The van der Waals surface area contributed by atoms with Gasteiger partial charge in [-0.1, -0.05) is 6.07 Å². The number of nitrogens with zero attached hydrogens (tertiary/aromatic N) is 5. The Morgan fingerprint density at radius 3 is 2.35 bits per heavy atom.